The van der Waals surface area contributed by atoms with Crippen molar-refractivity contribution in [3.05, 3.63) is 48.7 Å². The van der Waals surface area contributed by atoms with Crippen molar-refractivity contribution in [1.82, 2.24) is 9.80 Å². The van der Waals surface area contributed by atoms with Crippen molar-refractivity contribution in [3.63, 3.8) is 0 Å². The van der Waals surface area contributed by atoms with Crippen LogP contribution in [-0.4, -0.2) is 62.5 Å². The average Bonchev–Trinajstić information content (AvgIpc) is 2.60. The standard InChI is InChI=1S/C18H24N2O3/c1-4-8-19-10-12-20(13-11-19)9-7-17(21)16-14-15(22-2)5-6-18(16)23-3/h4-7,9,14H,1,8,10-13H2,2-3H3. The van der Waals surface area contributed by atoms with Crippen molar-refractivity contribution in [1.29, 1.82) is 0 Å². The van der Waals surface area contributed by atoms with Crippen molar-refractivity contribution in [2.75, 3.05) is 46.9 Å². The number of nitrogens with zero attached hydrogens (tertiary/aromatic N) is 2. The van der Waals surface area contributed by atoms with E-state index in [1.54, 1.807) is 38.5 Å². The van der Waals surface area contributed by atoms with Crippen LogP contribution in [0, 0.1) is 0 Å². The molecule has 0 aliphatic carbocycles. The molecule has 0 atom stereocenters. The third kappa shape index (κ3) is 4.60. The SMILES string of the molecule is C=CCN1CCN(C=CC(=O)c2cc(OC)ccc2OC)CC1. The van der Waals surface area contributed by atoms with Crippen LogP contribution in [0.2, 0.25) is 0 Å². The van der Waals surface area contributed by atoms with Gasteiger partial charge in [0.15, 0.2) is 5.78 Å². The van der Waals surface area contributed by atoms with Crippen LogP contribution in [0.4, 0.5) is 0 Å². The Morgan fingerprint density at radius 3 is 2.57 bits per heavy atom. The van der Waals surface area contributed by atoms with Gasteiger partial charge in [0.2, 0.25) is 0 Å². The van der Waals surface area contributed by atoms with E-state index < -0.39 is 0 Å². The number of allylic oxidation sites excluding steroid dienone is 1. The van der Waals surface area contributed by atoms with Crippen molar-refractivity contribution in [3.8, 4) is 11.5 Å². The number of methoxy groups -OCH3 is 2. The Balaban J connectivity index is 2.00. The summed E-state index contributed by atoms with van der Waals surface area (Å²) in [6.45, 7) is 8.45. The highest BCUT2D eigenvalue weighted by Crippen LogP contribution is 2.24. The van der Waals surface area contributed by atoms with E-state index >= 15 is 0 Å². The molecule has 0 radical (unpaired) electrons. The van der Waals surface area contributed by atoms with Gasteiger partial charge in [-0.3, -0.25) is 9.69 Å². The van der Waals surface area contributed by atoms with Gasteiger partial charge in [-0.1, -0.05) is 6.08 Å². The number of rotatable bonds is 7. The minimum absolute atomic E-state index is 0.0886. The van der Waals surface area contributed by atoms with Crippen LogP contribution in [0.1, 0.15) is 10.4 Å². The predicted molar refractivity (Wildman–Crippen MR) is 91.2 cm³/mol. The second kappa shape index (κ2) is 8.39. The lowest BCUT2D eigenvalue weighted by molar-refractivity contribution is 0.104. The maximum absolute atomic E-state index is 12.4. The molecule has 124 valence electrons. The smallest absolute Gasteiger partial charge is 0.191 e. The Morgan fingerprint density at radius 1 is 1.22 bits per heavy atom. The molecule has 5 heteroatoms. The molecular weight excluding hydrogens is 292 g/mol. The van der Waals surface area contributed by atoms with E-state index in [0.29, 0.717) is 17.1 Å². The minimum Gasteiger partial charge on any atom is -0.497 e. The van der Waals surface area contributed by atoms with Crippen LogP contribution < -0.4 is 9.47 Å². The van der Waals surface area contributed by atoms with Crippen LogP contribution >= 0.6 is 0 Å². The molecule has 0 amide bonds. The number of carbonyl (C=O) groups is 1. The molecular formula is C18H24N2O3. The topological polar surface area (TPSA) is 42.0 Å². The Kier molecular flexibility index (Phi) is 6.23. The highest BCUT2D eigenvalue weighted by Gasteiger charge is 2.14. The number of hydrogen-bond acceptors (Lipinski definition) is 5. The molecule has 0 unspecified atom stereocenters. The zero-order valence-electron chi connectivity index (χ0n) is 13.8. The largest absolute Gasteiger partial charge is 0.497 e. The molecule has 0 N–H and O–H groups in total. The van der Waals surface area contributed by atoms with E-state index in [-0.39, 0.29) is 5.78 Å². The summed E-state index contributed by atoms with van der Waals surface area (Å²) < 4.78 is 10.4. The van der Waals surface area contributed by atoms with E-state index in [0.717, 1.165) is 32.7 Å². The minimum atomic E-state index is -0.0886. The van der Waals surface area contributed by atoms with Crippen molar-refractivity contribution in [2.45, 2.75) is 0 Å². The maximum atomic E-state index is 12.4. The second-order valence-corrected chi connectivity index (χ2v) is 5.37. The lowest BCUT2D eigenvalue weighted by Crippen LogP contribution is -2.43. The van der Waals surface area contributed by atoms with Crippen LogP contribution in [0.3, 0.4) is 0 Å². The van der Waals surface area contributed by atoms with Gasteiger partial charge >= 0.3 is 0 Å². The van der Waals surface area contributed by atoms with E-state index in [1.807, 2.05) is 12.3 Å². The molecule has 5 nitrogen and oxygen atoms in total. The third-order valence-corrected chi connectivity index (χ3v) is 3.90. The highest BCUT2D eigenvalue weighted by atomic mass is 16.5. The number of hydrogen-bond donors (Lipinski definition) is 0. The monoisotopic (exact) mass is 316 g/mol. The first-order chi connectivity index (χ1) is 11.2. The zero-order valence-corrected chi connectivity index (χ0v) is 13.8. The van der Waals surface area contributed by atoms with Gasteiger partial charge in [-0.2, -0.15) is 0 Å². The lowest BCUT2D eigenvalue weighted by atomic mass is 10.1. The second-order valence-electron chi connectivity index (χ2n) is 5.37. The van der Waals surface area contributed by atoms with Crippen LogP contribution in [-0.2, 0) is 0 Å². The first kappa shape index (κ1) is 17.1. The van der Waals surface area contributed by atoms with E-state index in [9.17, 15) is 4.79 Å². The predicted octanol–water partition coefficient (Wildman–Crippen LogP) is 2.20. The van der Waals surface area contributed by atoms with Gasteiger partial charge < -0.3 is 14.4 Å². The number of ether oxygens (including phenoxy) is 2. The molecule has 1 heterocycles. The maximum Gasteiger partial charge on any atom is 0.191 e. The number of ketones is 1. The molecule has 0 bridgehead atoms. The fraction of sp³-hybridized carbons (Fsp3) is 0.389. The molecule has 1 fully saturated rings. The summed E-state index contributed by atoms with van der Waals surface area (Å²) in [5.74, 6) is 1.10. The zero-order chi connectivity index (χ0) is 16.7. The molecule has 0 aromatic heterocycles. The van der Waals surface area contributed by atoms with Crippen molar-refractivity contribution < 1.29 is 14.3 Å². The first-order valence-corrected chi connectivity index (χ1v) is 7.69. The Hall–Kier alpha value is -2.27. The van der Waals surface area contributed by atoms with Gasteiger partial charge in [-0.05, 0) is 18.2 Å². The van der Waals surface area contributed by atoms with Crippen molar-refractivity contribution >= 4 is 5.78 Å². The molecule has 1 aromatic carbocycles. The summed E-state index contributed by atoms with van der Waals surface area (Å²) >= 11 is 0. The fourth-order valence-corrected chi connectivity index (χ4v) is 2.55. The normalized spacial score (nSPS) is 15.7. The highest BCUT2D eigenvalue weighted by molar-refractivity contribution is 6.06. The fourth-order valence-electron chi connectivity index (χ4n) is 2.55. The van der Waals surface area contributed by atoms with E-state index in [1.165, 1.54) is 0 Å². The summed E-state index contributed by atoms with van der Waals surface area (Å²) in [7, 11) is 3.13. The summed E-state index contributed by atoms with van der Waals surface area (Å²) in [6.07, 6.45) is 5.39. The van der Waals surface area contributed by atoms with Gasteiger partial charge in [-0.15, -0.1) is 6.58 Å². The summed E-state index contributed by atoms with van der Waals surface area (Å²) in [5, 5.41) is 0. The molecule has 0 spiro atoms. The van der Waals surface area contributed by atoms with Crippen LogP contribution in [0.25, 0.3) is 0 Å². The average molecular weight is 316 g/mol. The van der Waals surface area contributed by atoms with Gasteiger partial charge in [0.05, 0.1) is 19.8 Å². The van der Waals surface area contributed by atoms with Gasteiger partial charge in [0, 0.05) is 45.0 Å². The summed E-state index contributed by atoms with van der Waals surface area (Å²) in [6, 6.07) is 5.22. The number of piperazine rings is 1. The molecule has 0 saturated carbocycles. The van der Waals surface area contributed by atoms with Gasteiger partial charge in [0.25, 0.3) is 0 Å². The third-order valence-electron chi connectivity index (χ3n) is 3.90. The van der Waals surface area contributed by atoms with Crippen LogP contribution in [0.5, 0.6) is 11.5 Å². The van der Waals surface area contributed by atoms with Gasteiger partial charge in [-0.25, -0.2) is 0 Å². The number of carbonyl (C=O) groups excluding carboxylic acids is 1. The molecule has 1 aromatic rings. The van der Waals surface area contributed by atoms with E-state index in [2.05, 4.69) is 16.4 Å². The van der Waals surface area contributed by atoms with Crippen LogP contribution in [0.15, 0.2) is 43.1 Å². The summed E-state index contributed by atoms with van der Waals surface area (Å²) in [4.78, 5) is 16.9. The number of benzene rings is 1. The molecule has 2 rings (SSSR count). The summed E-state index contributed by atoms with van der Waals surface area (Å²) in [5.41, 5.74) is 0.508. The van der Waals surface area contributed by atoms with Crippen molar-refractivity contribution in [2.24, 2.45) is 0 Å². The molecule has 1 aliphatic rings. The van der Waals surface area contributed by atoms with Gasteiger partial charge in [0.1, 0.15) is 11.5 Å². The molecule has 1 aliphatic heterocycles. The Morgan fingerprint density at radius 2 is 1.96 bits per heavy atom. The van der Waals surface area contributed by atoms with E-state index in [4.69, 9.17) is 9.47 Å². The lowest BCUT2D eigenvalue weighted by Gasteiger charge is -2.33. The molecule has 1 saturated heterocycles. The Bertz CT molecular complexity index is 576. The molecule has 23 heavy (non-hydrogen) atoms. The first-order valence-electron chi connectivity index (χ1n) is 7.69. The Labute approximate surface area is 137 Å². The quantitative estimate of drug-likeness (QED) is 0.438.